The van der Waals surface area contributed by atoms with E-state index in [1.165, 1.54) is 28.4 Å². The van der Waals surface area contributed by atoms with Crippen molar-refractivity contribution < 1.29 is 28.5 Å². The molecule has 0 aromatic carbocycles. The number of rotatable bonds is 9. The number of aldehydes is 1. The van der Waals surface area contributed by atoms with Crippen LogP contribution in [0, 0.1) is 0 Å². The van der Waals surface area contributed by atoms with E-state index in [1.54, 1.807) is 0 Å². The summed E-state index contributed by atoms with van der Waals surface area (Å²) in [5.41, 5.74) is 0. The van der Waals surface area contributed by atoms with Crippen LogP contribution < -0.4 is 0 Å². The molecule has 0 radical (unpaired) electrons. The van der Waals surface area contributed by atoms with E-state index in [-0.39, 0.29) is 12.5 Å². The Hall–Kier alpha value is -0.980. The summed E-state index contributed by atoms with van der Waals surface area (Å²) in [6, 6.07) is 0. The van der Waals surface area contributed by atoms with Crippen LogP contribution in [-0.2, 0) is 28.5 Å². The molecule has 3 atom stereocenters. The lowest BCUT2D eigenvalue weighted by atomic mass is 10.0. The number of methoxy groups -OCH3 is 4. The van der Waals surface area contributed by atoms with E-state index in [1.807, 2.05) is 0 Å². The zero-order valence-electron chi connectivity index (χ0n) is 10.7. The Labute approximate surface area is 101 Å². The zero-order chi connectivity index (χ0) is 13.3. The minimum Gasteiger partial charge on any atom is -0.467 e. The van der Waals surface area contributed by atoms with Crippen LogP contribution in [0.5, 0.6) is 0 Å². The number of ether oxygens (including phenoxy) is 4. The topological polar surface area (TPSA) is 71.1 Å². The van der Waals surface area contributed by atoms with E-state index in [2.05, 4.69) is 4.74 Å². The van der Waals surface area contributed by atoms with Gasteiger partial charge in [0.05, 0.1) is 19.3 Å². The van der Waals surface area contributed by atoms with Gasteiger partial charge in [0.25, 0.3) is 0 Å². The summed E-state index contributed by atoms with van der Waals surface area (Å²) in [4.78, 5) is 21.9. The number of hydrogen-bond acceptors (Lipinski definition) is 6. The Kier molecular flexibility index (Phi) is 8.57. The quantitative estimate of drug-likeness (QED) is 0.428. The molecule has 0 saturated carbocycles. The molecule has 3 unspecified atom stereocenters. The third-order valence-electron chi connectivity index (χ3n) is 2.52. The molecule has 0 rings (SSSR count). The van der Waals surface area contributed by atoms with Gasteiger partial charge in [-0.05, 0) is 0 Å². The van der Waals surface area contributed by atoms with Crippen LogP contribution in [0.4, 0.5) is 0 Å². The maximum Gasteiger partial charge on any atom is 0.337 e. The van der Waals surface area contributed by atoms with Gasteiger partial charge in [-0.25, -0.2) is 4.79 Å². The summed E-state index contributed by atoms with van der Waals surface area (Å²) in [6.07, 6.45) is -0.264. The van der Waals surface area contributed by atoms with Crippen molar-refractivity contribution in [1.82, 2.24) is 0 Å². The van der Waals surface area contributed by atoms with Crippen LogP contribution in [0.2, 0.25) is 0 Å². The Bertz CT molecular complexity index is 230. The molecule has 0 aromatic heterocycles. The third kappa shape index (κ3) is 5.25. The molecule has 6 nitrogen and oxygen atoms in total. The molecule has 0 fully saturated rings. The van der Waals surface area contributed by atoms with Crippen molar-refractivity contribution in [2.75, 3.05) is 28.4 Å². The molecule has 0 aliphatic heterocycles. The van der Waals surface area contributed by atoms with Gasteiger partial charge >= 0.3 is 5.97 Å². The van der Waals surface area contributed by atoms with Gasteiger partial charge in [-0.2, -0.15) is 0 Å². The average molecular weight is 248 g/mol. The molecule has 100 valence electrons. The Balaban J connectivity index is 4.55. The van der Waals surface area contributed by atoms with Crippen LogP contribution in [0.1, 0.15) is 12.8 Å². The second-order valence-corrected chi connectivity index (χ2v) is 3.45. The van der Waals surface area contributed by atoms with Crippen molar-refractivity contribution in [2.45, 2.75) is 31.2 Å². The van der Waals surface area contributed by atoms with E-state index >= 15 is 0 Å². The third-order valence-corrected chi connectivity index (χ3v) is 2.52. The van der Waals surface area contributed by atoms with E-state index in [4.69, 9.17) is 14.2 Å². The molecule has 0 amide bonds. The van der Waals surface area contributed by atoms with E-state index in [0.717, 1.165) is 6.29 Å². The van der Waals surface area contributed by atoms with E-state index in [9.17, 15) is 9.59 Å². The predicted octanol–water partition coefficient (Wildman–Crippen LogP) is 0.183. The summed E-state index contributed by atoms with van der Waals surface area (Å²) < 4.78 is 19.9. The second-order valence-electron chi connectivity index (χ2n) is 3.45. The zero-order valence-corrected chi connectivity index (χ0v) is 10.7. The lowest BCUT2D eigenvalue weighted by molar-refractivity contribution is -0.162. The van der Waals surface area contributed by atoms with Gasteiger partial charge in [0, 0.05) is 34.2 Å². The average Bonchev–Trinajstić information content (AvgIpc) is 2.36. The molecule has 0 spiro atoms. The predicted molar refractivity (Wildman–Crippen MR) is 59.7 cm³/mol. The van der Waals surface area contributed by atoms with Crippen molar-refractivity contribution in [3.05, 3.63) is 0 Å². The molecular formula is C11H20O6. The number of carbonyl (C=O) groups is 2. The maximum absolute atomic E-state index is 11.4. The molecule has 0 aliphatic rings. The van der Waals surface area contributed by atoms with Crippen LogP contribution in [0.25, 0.3) is 0 Å². The first-order valence-electron chi connectivity index (χ1n) is 5.24. The largest absolute Gasteiger partial charge is 0.467 e. The Morgan fingerprint density at radius 2 is 1.76 bits per heavy atom. The minimum atomic E-state index is -0.825. The normalized spacial score (nSPS) is 16.0. The van der Waals surface area contributed by atoms with Crippen molar-refractivity contribution in [2.24, 2.45) is 0 Å². The van der Waals surface area contributed by atoms with Crippen molar-refractivity contribution in [3.8, 4) is 0 Å². The monoisotopic (exact) mass is 248 g/mol. The van der Waals surface area contributed by atoms with Crippen LogP contribution in [0.15, 0.2) is 0 Å². The van der Waals surface area contributed by atoms with Crippen LogP contribution >= 0.6 is 0 Å². The molecule has 0 bridgehead atoms. The number of hydrogen-bond donors (Lipinski definition) is 0. The molecule has 0 aliphatic carbocycles. The summed E-state index contributed by atoms with van der Waals surface area (Å²) in [5, 5.41) is 0. The highest BCUT2D eigenvalue weighted by Crippen LogP contribution is 2.14. The van der Waals surface area contributed by atoms with Gasteiger partial charge in [-0.15, -0.1) is 0 Å². The van der Waals surface area contributed by atoms with Crippen LogP contribution in [0.3, 0.4) is 0 Å². The van der Waals surface area contributed by atoms with E-state index < -0.39 is 18.2 Å². The highest BCUT2D eigenvalue weighted by atomic mass is 16.6. The minimum absolute atomic E-state index is 0.244. The standard InChI is InChI=1S/C11H20O6/c1-14-8(5-6-12)7-9(15-2)10(16-3)11(13)17-4/h6,8-10H,5,7H2,1-4H3. The fourth-order valence-electron chi connectivity index (χ4n) is 1.51. The SMILES string of the molecule is COC(=O)C(OC)C(CC(CC=O)OC)OC. The summed E-state index contributed by atoms with van der Waals surface area (Å²) in [5.74, 6) is -0.514. The van der Waals surface area contributed by atoms with Crippen molar-refractivity contribution in [1.29, 1.82) is 0 Å². The number of carbonyl (C=O) groups excluding carboxylic acids is 2. The van der Waals surface area contributed by atoms with Gasteiger partial charge in [0.1, 0.15) is 6.29 Å². The Morgan fingerprint density at radius 3 is 2.12 bits per heavy atom. The first-order chi connectivity index (χ1) is 8.14. The molecular weight excluding hydrogens is 228 g/mol. The van der Waals surface area contributed by atoms with Crippen molar-refractivity contribution >= 4 is 12.3 Å². The summed E-state index contributed by atoms with van der Waals surface area (Å²) >= 11 is 0. The first kappa shape index (κ1) is 16.0. The highest BCUT2D eigenvalue weighted by Gasteiger charge is 2.31. The first-order valence-corrected chi connectivity index (χ1v) is 5.24. The fourth-order valence-corrected chi connectivity index (χ4v) is 1.51. The lowest BCUT2D eigenvalue weighted by Crippen LogP contribution is -2.40. The van der Waals surface area contributed by atoms with E-state index in [0.29, 0.717) is 6.42 Å². The Morgan fingerprint density at radius 1 is 1.12 bits per heavy atom. The molecule has 6 heteroatoms. The van der Waals surface area contributed by atoms with Gasteiger partial charge < -0.3 is 23.7 Å². The van der Waals surface area contributed by atoms with Crippen molar-refractivity contribution in [3.63, 3.8) is 0 Å². The summed E-state index contributed by atoms with van der Waals surface area (Å²) in [7, 11) is 5.64. The molecule has 0 saturated heterocycles. The smallest absolute Gasteiger partial charge is 0.337 e. The fraction of sp³-hybridized carbons (Fsp3) is 0.818. The maximum atomic E-state index is 11.4. The number of esters is 1. The van der Waals surface area contributed by atoms with Gasteiger partial charge in [0.2, 0.25) is 0 Å². The molecule has 0 N–H and O–H groups in total. The second kappa shape index (κ2) is 9.09. The lowest BCUT2D eigenvalue weighted by Gasteiger charge is -2.25. The van der Waals surface area contributed by atoms with Gasteiger partial charge in [-0.1, -0.05) is 0 Å². The van der Waals surface area contributed by atoms with Gasteiger partial charge in [-0.3, -0.25) is 0 Å². The highest BCUT2D eigenvalue weighted by molar-refractivity contribution is 5.75. The molecule has 0 heterocycles. The summed E-state index contributed by atoms with van der Waals surface area (Å²) in [6.45, 7) is 0. The van der Waals surface area contributed by atoms with Gasteiger partial charge in [0.15, 0.2) is 6.10 Å². The van der Waals surface area contributed by atoms with Crippen LogP contribution in [-0.4, -0.2) is 59.0 Å². The molecule has 0 aromatic rings. The molecule has 17 heavy (non-hydrogen) atoms.